The summed E-state index contributed by atoms with van der Waals surface area (Å²) in [5, 5.41) is 3.04. The lowest BCUT2D eigenvalue weighted by Gasteiger charge is -2.30. The van der Waals surface area contributed by atoms with Crippen LogP contribution in [0, 0.1) is 0 Å². The summed E-state index contributed by atoms with van der Waals surface area (Å²) in [6.45, 7) is 0.266. The van der Waals surface area contributed by atoms with Crippen molar-refractivity contribution in [1.29, 1.82) is 0 Å². The van der Waals surface area contributed by atoms with Crippen molar-refractivity contribution in [2.45, 2.75) is 30.5 Å². The van der Waals surface area contributed by atoms with Crippen molar-refractivity contribution in [1.82, 2.24) is 4.31 Å². The number of sulfonamides is 1. The van der Waals surface area contributed by atoms with Crippen molar-refractivity contribution < 1.29 is 31.1 Å². The second kappa shape index (κ2) is 10.1. The van der Waals surface area contributed by atoms with Crippen LogP contribution in [0.1, 0.15) is 22.3 Å². The molecule has 0 radical (unpaired) electrons. The molecule has 1 N–H and O–H groups in total. The molecule has 0 fully saturated rings. The number of anilines is 1. The van der Waals surface area contributed by atoms with E-state index in [0.717, 1.165) is 17.7 Å². The van der Waals surface area contributed by atoms with Crippen LogP contribution in [0.3, 0.4) is 0 Å². The van der Waals surface area contributed by atoms with Crippen molar-refractivity contribution in [3.8, 4) is 5.75 Å². The zero-order valence-electron chi connectivity index (χ0n) is 19.1. The number of methoxy groups -OCH3 is 1. The van der Waals surface area contributed by atoms with Crippen LogP contribution in [0.2, 0.25) is 5.02 Å². The molecule has 1 aliphatic rings. The van der Waals surface area contributed by atoms with Crippen LogP contribution in [-0.2, 0) is 40.4 Å². The summed E-state index contributed by atoms with van der Waals surface area (Å²) in [6.07, 6.45) is -4.28. The van der Waals surface area contributed by atoms with E-state index in [1.54, 1.807) is 24.3 Å². The quantitative estimate of drug-likeness (QED) is 0.462. The fourth-order valence-corrected chi connectivity index (χ4v) is 5.71. The Labute approximate surface area is 211 Å². The molecular formula is C25H22ClF3N2O4S. The van der Waals surface area contributed by atoms with Crippen LogP contribution < -0.4 is 10.1 Å². The highest BCUT2D eigenvalue weighted by molar-refractivity contribution is 7.89. The lowest BCUT2D eigenvalue weighted by atomic mass is 9.98. The fraction of sp³-hybridized carbons (Fsp3) is 0.240. The van der Waals surface area contributed by atoms with E-state index in [4.69, 9.17) is 16.3 Å². The molecule has 0 saturated carbocycles. The number of fused-ring (bicyclic) bond motifs is 1. The molecule has 190 valence electrons. The Balaban J connectivity index is 1.51. The Bertz CT molecular complexity index is 1390. The minimum Gasteiger partial charge on any atom is -0.497 e. The van der Waals surface area contributed by atoms with Gasteiger partial charge in [0, 0.05) is 19.2 Å². The summed E-state index contributed by atoms with van der Waals surface area (Å²) >= 11 is 6.35. The molecule has 0 aromatic heterocycles. The van der Waals surface area contributed by atoms with Gasteiger partial charge in [0.05, 0.1) is 34.7 Å². The molecule has 0 saturated heterocycles. The maximum Gasteiger partial charge on any atom is 0.416 e. The van der Waals surface area contributed by atoms with E-state index in [-0.39, 0.29) is 24.4 Å². The zero-order valence-corrected chi connectivity index (χ0v) is 20.7. The van der Waals surface area contributed by atoms with Crippen LogP contribution in [-0.4, -0.2) is 32.3 Å². The molecule has 0 aliphatic carbocycles. The number of amides is 1. The largest absolute Gasteiger partial charge is 0.497 e. The van der Waals surface area contributed by atoms with Crippen LogP contribution in [0.4, 0.5) is 18.9 Å². The predicted molar refractivity (Wildman–Crippen MR) is 130 cm³/mol. The Morgan fingerprint density at radius 2 is 1.83 bits per heavy atom. The van der Waals surface area contributed by atoms with Gasteiger partial charge in [-0.2, -0.15) is 17.5 Å². The summed E-state index contributed by atoms with van der Waals surface area (Å²) in [6, 6.07) is 13.9. The molecule has 36 heavy (non-hydrogen) atoms. The van der Waals surface area contributed by atoms with Gasteiger partial charge in [-0.25, -0.2) is 8.42 Å². The topological polar surface area (TPSA) is 75.7 Å². The highest BCUT2D eigenvalue weighted by Gasteiger charge is 2.31. The Morgan fingerprint density at radius 3 is 2.50 bits per heavy atom. The van der Waals surface area contributed by atoms with E-state index in [1.165, 1.54) is 35.7 Å². The Morgan fingerprint density at radius 1 is 1.11 bits per heavy atom. The summed E-state index contributed by atoms with van der Waals surface area (Å²) in [5.41, 5.74) is 1.42. The molecule has 0 unspecified atom stereocenters. The number of nitrogens with one attached hydrogen (secondary N) is 1. The minimum absolute atomic E-state index is 0.0911. The first-order valence-electron chi connectivity index (χ1n) is 10.9. The molecular weight excluding hydrogens is 517 g/mol. The third kappa shape index (κ3) is 5.50. The number of alkyl halides is 3. The zero-order chi connectivity index (χ0) is 26.1. The molecule has 0 spiro atoms. The van der Waals surface area contributed by atoms with Gasteiger partial charge in [0.2, 0.25) is 15.9 Å². The number of carbonyl (C=O) groups excluding carboxylic acids is 1. The molecule has 3 aromatic carbocycles. The highest BCUT2D eigenvalue weighted by atomic mass is 35.5. The normalized spacial score (nSPS) is 14.2. The van der Waals surface area contributed by atoms with Gasteiger partial charge in [-0.1, -0.05) is 35.9 Å². The van der Waals surface area contributed by atoms with Crippen LogP contribution >= 0.6 is 11.6 Å². The fourth-order valence-electron chi connectivity index (χ4n) is 4.03. The highest BCUT2D eigenvalue weighted by Crippen LogP contribution is 2.35. The van der Waals surface area contributed by atoms with E-state index in [1.807, 2.05) is 0 Å². The molecule has 3 aromatic rings. The van der Waals surface area contributed by atoms with Crippen LogP contribution in [0.25, 0.3) is 0 Å². The molecule has 6 nitrogen and oxygen atoms in total. The average Bonchev–Trinajstić information content (AvgIpc) is 2.85. The summed E-state index contributed by atoms with van der Waals surface area (Å²) in [4.78, 5) is 12.8. The SMILES string of the molecule is COc1cccc(S(=O)(=O)N2CCc3c(ccc(Cl)c3NC(=O)Cc3ccc(C(F)(F)F)cc3)C2)c1. The number of hydrogen-bond acceptors (Lipinski definition) is 4. The van der Waals surface area contributed by atoms with Gasteiger partial charge in [-0.05, 0) is 53.4 Å². The van der Waals surface area contributed by atoms with Crippen molar-refractivity contribution >= 4 is 33.2 Å². The van der Waals surface area contributed by atoms with Gasteiger partial charge in [0.1, 0.15) is 5.75 Å². The minimum atomic E-state index is -4.45. The molecule has 1 heterocycles. The monoisotopic (exact) mass is 538 g/mol. The lowest BCUT2D eigenvalue weighted by molar-refractivity contribution is -0.137. The van der Waals surface area contributed by atoms with E-state index < -0.39 is 27.7 Å². The van der Waals surface area contributed by atoms with Gasteiger partial charge in [-0.15, -0.1) is 0 Å². The third-order valence-corrected chi connectivity index (χ3v) is 8.06. The third-order valence-electron chi connectivity index (χ3n) is 5.91. The van der Waals surface area contributed by atoms with Gasteiger partial charge < -0.3 is 10.1 Å². The van der Waals surface area contributed by atoms with Gasteiger partial charge in [-0.3, -0.25) is 4.79 Å². The van der Waals surface area contributed by atoms with Crippen LogP contribution in [0.15, 0.2) is 65.6 Å². The second-order valence-corrected chi connectivity index (χ2v) is 10.6. The van der Waals surface area contributed by atoms with Crippen molar-refractivity contribution in [3.05, 3.63) is 87.9 Å². The standard InChI is InChI=1S/C25H22ClF3N2O4S/c1-35-19-3-2-4-20(14-19)36(33,34)31-12-11-21-17(15-31)7-10-22(26)24(21)30-23(32)13-16-5-8-18(9-6-16)25(27,28)29/h2-10,14H,11-13,15H2,1H3,(H,30,32). The first-order chi connectivity index (χ1) is 17.0. The van der Waals surface area contributed by atoms with Crippen LogP contribution in [0.5, 0.6) is 5.75 Å². The van der Waals surface area contributed by atoms with E-state index >= 15 is 0 Å². The number of rotatable bonds is 6. The maximum atomic E-state index is 13.2. The van der Waals surface area contributed by atoms with Gasteiger partial charge >= 0.3 is 6.18 Å². The first kappa shape index (κ1) is 26.0. The van der Waals surface area contributed by atoms with Gasteiger partial charge in [0.15, 0.2) is 0 Å². The molecule has 1 aliphatic heterocycles. The van der Waals surface area contributed by atoms with E-state index in [2.05, 4.69) is 5.32 Å². The molecule has 0 bridgehead atoms. The Kier molecular flexibility index (Phi) is 7.31. The number of halogens is 4. The molecule has 4 rings (SSSR count). The van der Waals surface area contributed by atoms with E-state index in [9.17, 15) is 26.4 Å². The molecule has 11 heteroatoms. The van der Waals surface area contributed by atoms with Crippen molar-refractivity contribution in [3.63, 3.8) is 0 Å². The summed E-state index contributed by atoms with van der Waals surface area (Å²) in [5.74, 6) is -0.0187. The predicted octanol–water partition coefficient (Wildman–Crippen LogP) is 5.30. The molecule has 0 atom stereocenters. The van der Waals surface area contributed by atoms with Gasteiger partial charge in [0.25, 0.3) is 0 Å². The molecule has 1 amide bonds. The number of benzene rings is 3. The smallest absolute Gasteiger partial charge is 0.416 e. The lowest BCUT2D eigenvalue weighted by Crippen LogP contribution is -2.36. The van der Waals surface area contributed by atoms with Crippen molar-refractivity contribution in [2.24, 2.45) is 0 Å². The number of carbonyl (C=O) groups is 1. The number of hydrogen-bond donors (Lipinski definition) is 1. The summed E-state index contributed by atoms with van der Waals surface area (Å²) in [7, 11) is -2.33. The number of ether oxygens (including phenoxy) is 1. The van der Waals surface area contributed by atoms with E-state index in [0.29, 0.717) is 34.0 Å². The maximum absolute atomic E-state index is 13.2. The van der Waals surface area contributed by atoms with Crippen molar-refractivity contribution in [2.75, 3.05) is 19.0 Å². The average molecular weight is 539 g/mol. The summed E-state index contributed by atoms with van der Waals surface area (Å²) < 4.78 is 71.2. The number of nitrogens with zero attached hydrogens (tertiary/aromatic N) is 1. The Hall–Kier alpha value is -3.08. The first-order valence-corrected chi connectivity index (χ1v) is 12.7. The second-order valence-electron chi connectivity index (χ2n) is 8.25.